The lowest BCUT2D eigenvalue weighted by molar-refractivity contribution is 0.0979. The SMILES string of the molecule is Cc1ccc2nc(N(Cc3ccco3)C(=O)c3ccccc3F)sc2c1. The molecule has 4 nitrogen and oxygen atoms in total. The minimum atomic E-state index is -0.557. The highest BCUT2D eigenvalue weighted by Gasteiger charge is 2.24. The average molecular weight is 366 g/mol. The summed E-state index contributed by atoms with van der Waals surface area (Å²) in [5, 5.41) is 0.509. The average Bonchev–Trinajstić information content (AvgIpc) is 3.28. The van der Waals surface area contributed by atoms with Gasteiger partial charge >= 0.3 is 0 Å². The maximum atomic E-state index is 14.2. The molecule has 0 aliphatic rings. The second-order valence-electron chi connectivity index (χ2n) is 5.92. The Kier molecular flexibility index (Phi) is 4.26. The van der Waals surface area contributed by atoms with Crippen LogP contribution in [-0.2, 0) is 6.54 Å². The van der Waals surface area contributed by atoms with Crippen LogP contribution in [-0.4, -0.2) is 10.9 Å². The molecule has 0 aliphatic heterocycles. The van der Waals surface area contributed by atoms with Crippen molar-refractivity contribution in [3.63, 3.8) is 0 Å². The van der Waals surface area contributed by atoms with E-state index in [-0.39, 0.29) is 12.1 Å². The van der Waals surface area contributed by atoms with Gasteiger partial charge in [0.05, 0.1) is 28.6 Å². The van der Waals surface area contributed by atoms with Crippen molar-refractivity contribution in [1.82, 2.24) is 4.98 Å². The lowest BCUT2D eigenvalue weighted by Crippen LogP contribution is -2.30. The van der Waals surface area contributed by atoms with Crippen LogP contribution in [0.4, 0.5) is 9.52 Å². The van der Waals surface area contributed by atoms with E-state index in [4.69, 9.17) is 4.42 Å². The van der Waals surface area contributed by atoms with E-state index < -0.39 is 11.7 Å². The van der Waals surface area contributed by atoms with Crippen LogP contribution in [0.2, 0.25) is 0 Å². The number of fused-ring (bicyclic) bond motifs is 1. The van der Waals surface area contributed by atoms with Gasteiger partial charge in [0.1, 0.15) is 11.6 Å². The number of carbonyl (C=O) groups is 1. The van der Waals surface area contributed by atoms with Crippen LogP contribution in [0.5, 0.6) is 0 Å². The number of nitrogens with zero attached hydrogens (tertiary/aromatic N) is 2. The van der Waals surface area contributed by atoms with Gasteiger partial charge in [-0.15, -0.1) is 0 Å². The van der Waals surface area contributed by atoms with Crippen molar-refractivity contribution in [2.24, 2.45) is 0 Å². The van der Waals surface area contributed by atoms with Crippen LogP contribution in [0.15, 0.2) is 65.3 Å². The molecule has 0 fully saturated rings. The maximum absolute atomic E-state index is 14.2. The van der Waals surface area contributed by atoms with Crippen LogP contribution in [0, 0.1) is 12.7 Å². The molecule has 0 bridgehead atoms. The second kappa shape index (κ2) is 6.72. The summed E-state index contributed by atoms with van der Waals surface area (Å²) in [5.74, 6) is -0.403. The van der Waals surface area contributed by atoms with Gasteiger partial charge in [0, 0.05) is 0 Å². The molecule has 4 aromatic rings. The molecule has 4 rings (SSSR count). The van der Waals surface area contributed by atoms with Crippen LogP contribution >= 0.6 is 11.3 Å². The largest absolute Gasteiger partial charge is 0.467 e. The van der Waals surface area contributed by atoms with Crippen LogP contribution in [0.3, 0.4) is 0 Å². The van der Waals surface area contributed by atoms with Gasteiger partial charge in [0.25, 0.3) is 5.91 Å². The zero-order valence-corrected chi connectivity index (χ0v) is 14.8. The van der Waals surface area contributed by atoms with Gasteiger partial charge in [0.15, 0.2) is 5.13 Å². The number of aromatic nitrogens is 1. The van der Waals surface area contributed by atoms with Gasteiger partial charge in [-0.1, -0.05) is 29.5 Å². The molecule has 0 saturated carbocycles. The fourth-order valence-electron chi connectivity index (χ4n) is 2.70. The lowest BCUT2D eigenvalue weighted by Gasteiger charge is -2.19. The Labute approximate surface area is 153 Å². The number of halogens is 1. The fraction of sp³-hybridized carbons (Fsp3) is 0.100. The monoisotopic (exact) mass is 366 g/mol. The number of anilines is 1. The highest BCUT2D eigenvalue weighted by molar-refractivity contribution is 7.22. The van der Waals surface area contributed by atoms with Crippen molar-refractivity contribution >= 4 is 32.6 Å². The summed E-state index contributed by atoms with van der Waals surface area (Å²) in [6.45, 7) is 2.18. The Morgan fingerprint density at radius 1 is 1.19 bits per heavy atom. The summed E-state index contributed by atoms with van der Waals surface area (Å²) in [7, 11) is 0. The van der Waals surface area contributed by atoms with E-state index in [1.165, 1.54) is 28.4 Å². The predicted molar refractivity (Wildman–Crippen MR) is 100.0 cm³/mol. The van der Waals surface area contributed by atoms with Crippen LogP contribution in [0.25, 0.3) is 10.2 Å². The van der Waals surface area contributed by atoms with Crippen molar-refractivity contribution in [1.29, 1.82) is 0 Å². The number of benzene rings is 2. The number of amides is 1. The summed E-state index contributed by atoms with van der Waals surface area (Å²) >= 11 is 1.40. The van der Waals surface area contributed by atoms with Crippen molar-refractivity contribution in [2.45, 2.75) is 13.5 Å². The van der Waals surface area contributed by atoms with Gasteiger partial charge in [0.2, 0.25) is 0 Å². The maximum Gasteiger partial charge on any atom is 0.263 e. The van der Waals surface area contributed by atoms with E-state index >= 15 is 0 Å². The molecule has 0 N–H and O–H groups in total. The molecule has 6 heteroatoms. The molecule has 0 atom stereocenters. The Morgan fingerprint density at radius 2 is 2.04 bits per heavy atom. The molecule has 26 heavy (non-hydrogen) atoms. The quantitative estimate of drug-likeness (QED) is 0.500. The van der Waals surface area contributed by atoms with Gasteiger partial charge < -0.3 is 4.42 Å². The highest BCUT2D eigenvalue weighted by Crippen LogP contribution is 2.31. The number of furan rings is 1. The lowest BCUT2D eigenvalue weighted by atomic mass is 10.2. The Balaban J connectivity index is 1.79. The molecular weight excluding hydrogens is 351 g/mol. The Hall–Kier alpha value is -2.99. The zero-order chi connectivity index (χ0) is 18.1. The molecule has 2 heterocycles. The van der Waals surface area contributed by atoms with Crippen molar-refractivity contribution in [3.8, 4) is 0 Å². The molecule has 2 aromatic heterocycles. The minimum absolute atomic E-state index is 0.00879. The van der Waals surface area contributed by atoms with E-state index in [0.717, 1.165) is 15.8 Å². The van der Waals surface area contributed by atoms with Gasteiger partial charge in [-0.2, -0.15) is 0 Å². The molecule has 1 amide bonds. The van der Waals surface area contributed by atoms with Crippen LogP contribution in [0.1, 0.15) is 21.7 Å². The van der Waals surface area contributed by atoms with Gasteiger partial charge in [-0.3, -0.25) is 9.69 Å². The summed E-state index contributed by atoms with van der Waals surface area (Å²) in [5.41, 5.74) is 1.93. The van der Waals surface area contributed by atoms with Gasteiger partial charge in [-0.25, -0.2) is 9.37 Å². The summed E-state index contributed by atoms with van der Waals surface area (Å²) in [4.78, 5) is 19.1. The molecule has 2 aromatic carbocycles. The number of thiazole rings is 1. The van der Waals surface area contributed by atoms with E-state index in [0.29, 0.717) is 10.9 Å². The first-order chi connectivity index (χ1) is 12.6. The summed E-state index contributed by atoms with van der Waals surface area (Å²) in [6.07, 6.45) is 1.54. The first-order valence-electron chi connectivity index (χ1n) is 8.08. The van der Waals surface area contributed by atoms with E-state index in [9.17, 15) is 9.18 Å². The number of rotatable bonds is 4. The fourth-order valence-corrected chi connectivity index (χ4v) is 3.76. The predicted octanol–water partition coefficient (Wildman–Crippen LogP) is 5.18. The molecule has 0 spiro atoms. The molecule has 0 unspecified atom stereocenters. The third-order valence-electron chi connectivity index (χ3n) is 4.01. The highest BCUT2D eigenvalue weighted by atomic mass is 32.1. The van der Waals surface area contributed by atoms with E-state index in [2.05, 4.69) is 4.98 Å². The van der Waals surface area contributed by atoms with Crippen molar-refractivity contribution in [2.75, 3.05) is 4.90 Å². The third-order valence-corrected chi connectivity index (χ3v) is 5.05. The second-order valence-corrected chi connectivity index (χ2v) is 6.93. The van der Waals surface area contributed by atoms with E-state index in [1.54, 1.807) is 30.5 Å². The smallest absolute Gasteiger partial charge is 0.263 e. The van der Waals surface area contributed by atoms with Crippen molar-refractivity contribution < 1.29 is 13.6 Å². The summed E-state index contributed by atoms with van der Waals surface area (Å²) in [6, 6.07) is 15.4. The number of hydrogen-bond donors (Lipinski definition) is 0. The molecule has 0 saturated heterocycles. The van der Waals surface area contributed by atoms with Crippen LogP contribution < -0.4 is 4.90 Å². The van der Waals surface area contributed by atoms with Crippen molar-refractivity contribution in [3.05, 3.63) is 83.6 Å². The normalized spacial score (nSPS) is 11.0. The zero-order valence-electron chi connectivity index (χ0n) is 14.0. The van der Waals surface area contributed by atoms with Gasteiger partial charge in [-0.05, 0) is 48.9 Å². The number of aryl methyl sites for hydroxylation is 1. The first kappa shape index (κ1) is 16.5. The Morgan fingerprint density at radius 3 is 2.81 bits per heavy atom. The third kappa shape index (κ3) is 3.11. The standard InChI is InChI=1S/C20H15FN2O2S/c1-13-8-9-17-18(11-13)26-20(22-17)23(12-14-5-4-10-25-14)19(24)15-6-2-3-7-16(15)21/h2-11H,12H2,1H3. The van der Waals surface area contributed by atoms with E-state index in [1.807, 2.05) is 25.1 Å². The molecule has 0 radical (unpaired) electrons. The minimum Gasteiger partial charge on any atom is -0.467 e. The first-order valence-corrected chi connectivity index (χ1v) is 8.89. The topological polar surface area (TPSA) is 46.3 Å². The molecule has 0 aliphatic carbocycles. The Bertz CT molecular complexity index is 1070. The molecular formula is C20H15FN2O2S. The summed E-state index contributed by atoms with van der Waals surface area (Å²) < 4.78 is 20.5. The number of carbonyl (C=O) groups excluding carboxylic acids is 1. The molecule has 130 valence electrons. The number of hydrogen-bond acceptors (Lipinski definition) is 4.